The third kappa shape index (κ3) is 4.34. The van der Waals surface area contributed by atoms with Crippen LogP contribution in [0.15, 0.2) is 35.1 Å². The van der Waals surface area contributed by atoms with Gasteiger partial charge in [-0.15, -0.1) is 11.3 Å². The largest absolute Gasteiger partial charge is 0.392 e. The zero-order chi connectivity index (χ0) is 19.6. The van der Waals surface area contributed by atoms with Gasteiger partial charge in [-0.25, -0.2) is 4.79 Å². The normalized spacial score (nSPS) is 13.0. The zero-order valence-electron chi connectivity index (χ0n) is 16.6. The van der Waals surface area contributed by atoms with E-state index in [9.17, 15) is 9.90 Å². The molecule has 0 radical (unpaired) electrons. The molecule has 6 heteroatoms. The average molecular weight is 388 g/mol. The zero-order valence-corrected chi connectivity index (χ0v) is 17.4. The minimum atomic E-state index is -0.384. The van der Waals surface area contributed by atoms with Crippen molar-refractivity contribution >= 4 is 22.4 Å². The van der Waals surface area contributed by atoms with E-state index in [0.29, 0.717) is 19.6 Å². The highest BCUT2D eigenvalue weighted by Gasteiger charge is 2.15. The Bertz CT molecular complexity index is 968. The first-order valence-corrected chi connectivity index (χ1v) is 10.4. The van der Waals surface area contributed by atoms with Crippen LogP contribution in [0.1, 0.15) is 36.1 Å². The number of aromatic nitrogens is 2. The van der Waals surface area contributed by atoms with E-state index in [1.54, 1.807) is 11.3 Å². The van der Waals surface area contributed by atoms with Gasteiger partial charge in [-0.05, 0) is 57.5 Å². The van der Waals surface area contributed by atoms with Gasteiger partial charge in [0.1, 0.15) is 0 Å². The second-order valence-corrected chi connectivity index (χ2v) is 8.50. The van der Waals surface area contributed by atoms with Crippen LogP contribution in [-0.2, 0) is 26.2 Å². The molecular formula is C21H29N3O2S. The highest BCUT2D eigenvalue weighted by atomic mass is 32.1. The molecule has 0 saturated carbocycles. The first-order valence-electron chi connectivity index (χ1n) is 9.60. The lowest BCUT2D eigenvalue weighted by molar-refractivity contribution is 0.119. The van der Waals surface area contributed by atoms with E-state index < -0.39 is 0 Å². The molecule has 0 aliphatic rings. The lowest BCUT2D eigenvalue weighted by atomic mass is 10.1. The number of nitrogens with zero attached hydrogens (tertiary/aromatic N) is 3. The van der Waals surface area contributed by atoms with Gasteiger partial charge in [-0.1, -0.05) is 6.07 Å². The second kappa shape index (κ2) is 8.42. The molecule has 1 unspecified atom stereocenters. The molecule has 1 N–H and O–H groups in total. The quantitative estimate of drug-likeness (QED) is 0.643. The van der Waals surface area contributed by atoms with E-state index in [0.717, 1.165) is 29.7 Å². The van der Waals surface area contributed by atoms with Crippen molar-refractivity contribution in [2.75, 3.05) is 6.54 Å². The van der Waals surface area contributed by atoms with Crippen LogP contribution in [0, 0.1) is 6.92 Å². The summed E-state index contributed by atoms with van der Waals surface area (Å²) in [5.74, 6) is 0. The first-order chi connectivity index (χ1) is 12.9. The molecular weight excluding hydrogens is 358 g/mol. The number of imidazole rings is 1. The van der Waals surface area contributed by atoms with Crippen LogP contribution in [0.2, 0.25) is 0 Å². The van der Waals surface area contributed by atoms with Gasteiger partial charge in [0.15, 0.2) is 0 Å². The Morgan fingerprint density at radius 1 is 1.07 bits per heavy atom. The number of rotatable bonds is 8. The van der Waals surface area contributed by atoms with Crippen molar-refractivity contribution in [3.05, 3.63) is 56.1 Å². The summed E-state index contributed by atoms with van der Waals surface area (Å²) >= 11 is 1.80. The predicted octanol–water partition coefficient (Wildman–Crippen LogP) is 3.60. The number of fused-ring (bicyclic) bond motifs is 1. The lowest BCUT2D eigenvalue weighted by Crippen LogP contribution is -2.30. The van der Waals surface area contributed by atoms with Crippen molar-refractivity contribution in [3.8, 4) is 0 Å². The molecule has 1 atom stereocenters. The van der Waals surface area contributed by atoms with Crippen LogP contribution in [0.25, 0.3) is 11.0 Å². The maximum atomic E-state index is 12.6. The summed E-state index contributed by atoms with van der Waals surface area (Å²) in [5, 5.41) is 9.92. The fourth-order valence-electron chi connectivity index (χ4n) is 3.68. The van der Waals surface area contributed by atoms with Gasteiger partial charge in [0, 0.05) is 42.5 Å². The van der Waals surface area contributed by atoms with Crippen LogP contribution < -0.4 is 5.69 Å². The van der Waals surface area contributed by atoms with Crippen molar-refractivity contribution in [1.29, 1.82) is 0 Å². The monoisotopic (exact) mass is 387 g/mol. The molecule has 1 aromatic carbocycles. The molecule has 0 amide bonds. The van der Waals surface area contributed by atoms with Gasteiger partial charge in [-0.2, -0.15) is 0 Å². The Balaban J connectivity index is 1.91. The Morgan fingerprint density at radius 3 is 2.37 bits per heavy atom. The van der Waals surface area contributed by atoms with E-state index in [2.05, 4.69) is 42.2 Å². The minimum absolute atomic E-state index is 0.0575. The Hall–Kier alpha value is -1.89. The summed E-state index contributed by atoms with van der Waals surface area (Å²) in [7, 11) is 0. The molecule has 2 heterocycles. The summed E-state index contributed by atoms with van der Waals surface area (Å²) in [4.78, 5) is 17.4. The molecule has 0 fully saturated rings. The van der Waals surface area contributed by atoms with Crippen LogP contribution >= 0.6 is 11.3 Å². The molecule has 3 rings (SSSR count). The predicted molar refractivity (Wildman–Crippen MR) is 112 cm³/mol. The number of thiophene rings is 1. The number of aliphatic hydroxyl groups is 1. The van der Waals surface area contributed by atoms with E-state index in [-0.39, 0.29) is 11.8 Å². The average Bonchev–Trinajstić information content (AvgIpc) is 3.13. The number of hydrogen-bond acceptors (Lipinski definition) is 4. The SMILES string of the molecule is CCn1c(=O)n(CC)c2cc(CN(Cc3ccc(C)s3)CC(C)O)ccc21. The van der Waals surface area contributed by atoms with Crippen molar-refractivity contribution in [2.24, 2.45) is 0 Å². The van der Waals surface area contributed by atoms with E-state index in [4.69, 9.17) is 0 Å². The topological polar surface area (TPSA) is 50.4 Å². The highest BCUT2D eigenvalue weighted by Crippen LogP contribution is 2.21. The van der Waals surface area contributed by atoms with Crippen LogP contribution in [-0.4, -0.2) is 31.8 Å². The van der Waals surface area contributed by atoms with Crippen LogP contribution in [0.3, 0.4) is 0 Å². The van der Waals surface area contributed by atoms with E-state index >= 15 is 0 Å². The fraction of sp³-hybridized carbons (Fsp3) is 0.476. The summed E-state index contributed by atoms with van der Waals surface area (Å²) in [6.45, 7) is 11.5. The van der Waals surface area contributed by atoms with E-state index in [1.165, 1.54) is 9.75 Å². The van der Waals surface area contributed by atoms with E-state index in [1.807, 2.05) is 29.9 Å². The van der Waals surface area contributed by atoms with Crippen molar-refractivity contribution < 1.29 is 5.11 Å². The third-order valence-electron chi connectivity index (χ3n) is 4.82. The molecule has 0 spiro atoms. The number of aliphatic hydroxyl groups excluding tert-OH is 1. The number of benzene rings is 1. The summed E-state index contributed by atoms with van der Waals surface area (Å²) in [5.41, 5.74) is 3.20. The molecule has 0 bridgehead atoms. The van der Waals surface area contributed by atoms with Gasteiger partial charge in [-0.3, -0.25) is 14.0 Å². The summed E-state index contributed by atoms with van der Waals surface area (Å²) < 4.78 is 3.66. The molecule has 3 aromatic rings. The lowest BCUT2D eigenvalue weighted by Gasteiger charge is -2.23. The van der Waals surface area contributed by atoms with Gasteiger partial charge < -0.3 is 5.11 Å². The Kier molecular flexibility index (Phi) is 6.19. The maximum absolute atomic E-state index is 12.6. The number of aryl methyl sites for hydroxylation is 3. The third-order valence-corrected chi connectivity index (χ3v) is 5.81. The Labute approximate surface area is 164 Å². The van der Waals surface area contributed by atoms with Crippen LogP contribution in [0.4, 0.5) is 0 Å². The second-order valence-electron chi connectivity index (χ2n) is 7.13. The smallest absolute Gasteiger partial charge is 0.329 e. The van der Waals surface area contributed by atoms with Crippen LogP contribution in [0.5, 0.6) is 0 Å². The molecule has 146 valence electrons. The van der Waals surface area contributed by atoms with Gasteiger partial charge in [0.2, 0.25) is 0 Å². The van der Waals surface area contributed by atoms with Gasteiger partial charge in [0.05, 0.1) is 17.1 Å². The van der Waals surface area contributed by atoms with Crippen molar-refractivity contribution in [3.63, 3.8) is 0 Å². The Morgan fingerprint density at radius 2 is 1.78 bits per heavy atom. The molecule has 5 nitrogen and oxygen atoms in total. The molecule has 0 aliphatic heterocycles. The summed E-state index contributed by atoms with van der Waals surface area (Å²) in [6.07, 6.45) is -0.384. The first kappa shape index (κ1) is 19.9. The molecule has 0 aliphatic carbocycles. The maximum Gasteiger partial charge on any atom is 0.329 e. The molecule has 0 saturated heterocycles. The standard InChI is InChI=1S/C21H29N3O2S/c1-5-23-19-10-8-17(11-20(19)24(6-2)21(23)26)13-22(12-15(3)25)14-18-9-7-16(4)27-18/h7-11,15,25H,5-6,12-14H2,1-4H3. The molecule has 2 aromatic heterocycles. The van der Waals surface area contributed by atoms with Crippen molar-refractivity contribution in [2.45, 2.75) is 60.0 Å². The highest BCUT2D eigenvalue weighted by molar-refractivity contribution is 7.11. The summed E-state index contributed by atoms with van der Waals surface area (Å²) in [6, 6.07) is 10.6. The van der Waals surface area contributed by atoms with Gasteiger partial charge in [0.25, 0.3) is 0 Å². The molecule has 27 heavy (non-hydrogen) atoms. The number of hydrogen-bond donors (Lipinski definition) is 1. The van der Waals surface area contributed by atoms with Gasteiger partial charge >= 0.3 is 5.69 Å². The minimum Gasteiger partial charge on any atom is -0.392 e. The fourth-order valence-corrected chi connectivity index (χ4v) is 4.62. The van der Waals surface area contributed by atoms with Crippen molar-refractivity contribution in [1.82, 2.24) is 14.0 Å².